The molecule has 1 aliphatic heterocycles. The van der Waals surface area contributed by atoms with Crippen LogP contribution in [0.15, 0.2) is 29.3 Å². The molecule has 1 aromatic rings. The Bertz CT molecular complexity index is 537. The molecule has 0 atom stereocenters. The van der Waals surface area contributed by atoms with Gasteiger partial charge in [0.25, 0.3) is 0 Å². The second kappa shape index (κ2) is 8.41. The Kier molecular flexibility index (Phi) is 6.24. The number of nitrogen functional groups attached to an aromatic ring is 1. The van der Waals surface area contributed by atoms with Gasteiger partial charge in [0.15, 0.2) is 0 Å². The molecular weight excluding hydrogens is 280 g/mol. The van der Waals surface area contributed by atoms with Gasteiger partial charge in [0.05, 0.1) is 13.2 Å². The highest BCUT2D eigenvalue weighted by atomic mass is 16.5. The number of hydrogen-bond donors (Lipinski definition) is 2. The summed E-state index contributed by atoms with van der Waals surface area (Å²) >= 11 is 0. The molecule has 0 spiro atoms. The van der Waals surface area contributed by atoms with Crippen molar-refractivity contribution in [3.05, 3.63) is 29.8 Å². The predicted octanol–water partition coefficient (Wildman–Crippen LogP) is 0.980. The standard InChI is InChI=1S/C16H24N4O2/c1-19-5-4-15(18)14-12-13(17)2-3-16(14)22-11-8-20-6-9-21-10-7-20/h2-5,12H,6-11,17-18H2,1H3/b15-4-,19-5?. The minimum absolute atomic E-state index is 0.583. The third-order valence-electron chi connectivity index (χ3n) is 3.49. The highest BCUT2D eigenvalue weighted by molar-refractivity contribution is 5.85. The Hall–Kier alpha value is -2.05. The Balaban J connectivity index is 2.00. The van der Waals surface area contributed by atoms with Crippen LogP contribution in [0.4, 0.5) is 5.69 Å². The average Bonchev–Trinajstić information content (AvgIpc) is 2.55. The van der Waals surface area contributed by atoms with Crippen LogP contribution < -0.4 is 16.2 Å². The van der Waals surface area contributed by atoms with Crippen LogP contribution >= 0.6 is 0 Å². The topological polar surface area (TPSA) is 86.1 Å². The minimum atomic E-state index is 0.583. The highest BCUT2D eigenvalue weighted by Crippen LogP contribution is 2.25. The molecule has 4 N–H and O–H groups in total. The molecule has 1 saturated heterocycles. The average molecular weight is 304 g/mol. The first-order chi connectivity index (χ1) is 10.7. The molecule has 1 heterocycles. The zero-order valence-corrected chi connectivity index (χ0v) is 13.0. The van der Waals surface area contributed by atoms with Gasteiger partial charge in [0.1, 0.15) is 12.4 Å². The fourth-order valence-corrected chi connectivity index (χ4v) is 2.25. The van der Waals surface area contributed by atoms with Crippen molar-refractivity contribution >= 4 is 17.6 Å². The van der Waals surface area contributed by atoms with E-state index in [0.29, 0.717) is 18.0 Å². The van der Waals surface area contributed by atoms with Crippen molar-refractivity contribution in [3.63, 3.8) is 0 Å². The summed E-state index contributed by atoms with van der Waals surface area (Å²) in [5.74, 6) is 0.737. The van der Waals surface area contributed by atoms with Crippen LogP contribution in [0, 0.1) is 0 Å². The monoisotopic (exact) mass is 304 g/mol. The van der Waals surface area contributed by atoms with E-state index in [4.69, 9.17) is 20.9 Å². The summed E-state index contributed by atoms with van der Waals surface area (Å²) in [6.45, 7) is 4.96. The summed E-state index contributed by atoms with van der Waals surface area (Å²) in [5, 5.41) is 0. The highest BCUT2D eigenvalue weighted by Gasteiger charge is 2.11. The first-order valence-electron chi connectivity index (χ1n) is 7.41. The number of nitrogens with two attached hydrogens (primary N) is 2. The molecule has 0 aliphatic carbocycles. The number of rotatable bonds is 6. The normalized spacial score (nSPS) is 17.0. The maximum Gasteiger partial charge on any atom is 0.128 e. The lowest BCUT2D eigenvalue weighted by atomic mass is 10.1. The number of aliphatic imine (C=N–C) groups is 1. The number of ether oxygens (including phenoxy) is 2. The minimum Gasteiger partial charge on any atom is -0.492 e. The predicted molar refractivity (Wildman–Crippen MR) is 90.2 cm³/mol. The van der Waals surface area contributed by atoms with Crippen LogP contribution in [0.1, 0.15) is 5.56 Å². The number of nitrogens with zero attached hydrogens (tertiary/aromatic N) is 2. The second-order valence-corrected chi connectivity index (χ2v) is 5.09. The smallest absolute Gasteiger partial charge is 0.128 e. The molecule has 0 bridgehead atoms. The van der Waals surface area contributed by atoms with Gasteiger partial charge in [-0.3, -0.25) is 9.89 Å². The Morgan fingerprint density at radius 3 is 2.91 bits per heavy atom. The molecule has 0 aromatic heterocycles. The number of morpholine rings is 1. The quantitative estimate of drug-likeness (QED) is 0.604. The summed E-state index contributed by atoms with van der Waals surface area (Å²) in [7, 11) is 1.70. The van der Waals surface area contributed by atoms with E-state index in [0.717, 1.165) is 44.2 Å². The van der Waals surface area contributed by atoms with Gasteiger partial charge in [-0.15, -0.1) is 0 Å². The number of anilines is 1. The Morgan fingerprint density at radius 2 is 2.18 bits per heavy atom. The van der Waals surface area contributed by atoms with Gasteiger partial charge in [0, 0.05) is 49.8 Å². The van der Waals surface area contributed by atoms with E-state index < -0.39 is 0 Å². The fourth-order valence-electron chi connectivity index (χ4n) is 2.25. The number of benzene rings is 1. The fraction of sp³-hybridized carbons (Fsp3) is 0.438. The van der Waals surface area contributed by atoms with Crippen molar-refractivity contribution in [1.29, 1.82) is 0 Å². The molecule has 120 valence electrons. The lowest BCUT2D eigenvalue weighted by Crippen LogP contribution is -2.38. The van der Waals surface area contributed by atoms with Gasteiger partial charge < -0.3 is 20.9 Å². The maximum absolute atomic E-state index is 6.07. The first-order valence-corrected chi connectivity index (χ1v) is 7.41. The Labute approximate surface area is 131 Å². The van der Waals surface area contributed by atoms with Crippen molar-refractivity contribution in [2.24, 2.45) is 10.7 Å². The van der Waals surface area contributed by atoms with E-state index >= 15 is 0 Å². The zero-order chi connectivity index (χ0) is 15.8. The molecule has 0 saturated carbocycles. The molecule has 1 aromatic carbocycles. The van der Waals surface area contributed by atoms with Crippen LogP contribution in [0.3, 0.4) is 0 Å². The van der Waals surface area contributed by atoms with Gasteiger partial charge in [-0.05, 0) is 24.3 Å². The van der Waals surface area contributed by atoms with Crippen molar-refractivity contribution in [2.75, 3.05) is 52.2 Å². The zero-order valence-electron chi connectivity index (χ0n) is 13.0. The molecule has 22 heavy (non-hydrogen) atoms. The molecule has 0 unspecified atom stereocenters. The van der Waals surface area contributed by atoms with E-state index in [1.54, 1.807) is 19.3 Å². The SMILES string of the molecule is CN=C/C=C(\N)c1cc(N)ccc1OCCN1CCOCC1. The largest absolute Gasteiger partial charge is 0.492 e. The van der Waals surface area contributed by atoms with Gasteiger partial charge >= 0.3 is 0 Å². The summed E-state index contributed by atoms with van der Waals surface area (Å²) in [4.78, 5) is 6.23. The van der Waals surface area contributed by atoms with Crippen molar-refractivity contribution < 1.29 is 9.47 Å². The molecule has 0 radical (unpaired) electrons. The van der Waals surface area contributed by atoms with E-state index in [1.807, 2.05) is 18.2 Å². The number of allylic oxidation sites excluding steroid dienone is 1. The van der Waals surface area contributed by atoms with Crippen molar-refractivity contribution in [1.82, 2.24) is 4.90 Å². The van der Waals surface area contributed by atoms with Crippen LogP contribution in [0.2, 0.25) is 0 Å². The molecule has 6 nitrogen and oxygen atoms in total. The molecule has 2 rings (SSSR count). The molecule has 1 fully saturated rings. The van der Waals surface area contributed by atoms with Gasteiger partial charge in [-0.1, -0.05) is 0 Å². The van der Waals surface area contributed by atoms with Crippen molar-refractivity contribution in [2.45, 2.75) is 0 Å². The maximum atomic E-state index is 6.07. The number of hydrogen-bond acceptors (Lipinski definition) is 6. The molecule has 0 amide bonds. The summed E-state index contributed by atoms with van der Waals surface area (Å²) in [5.41, 5.74) is 13.9. The van der Waals surface area contributed by atoms with Crippen LogP contribution in [0.5, 0.6) is 5.75 Å². The van der Waals surface area contributed by atoms with E-state index in [1.165, 1.54) is 0 Å². The summed E-state index contributed by atoms with van der Waals surface area (Å²) in [6.07, 6.45) is 3.39. The Morgan fingerprint density at radius 1 is 1.41 bits per heavy atom. The lowest BCUT2D eigenvalue weighted by molar-refractivity contribution is 0.0322. The van der Waals surface area contributed by atoms with E-state index in [-0.39, 0.29) is 0 Å². The van der Waals surface area contributed by atoms with Gasteiger partial charge in [-0.25, -0.2) is 0 Å². The molecule has 6 heteroatoms. The summed E-state index contributed by atoms with van der Waals surface area (Å²) < 4.78 is 11.2. The van der Waals surface area contributed by atoms with Crippen molar-refractivity contribution in [3.8, 4) is 5.75 Å². The first kappa shape index (κ1) is 16.3. The van der Waals surface area contributed by atoms with E-state index in [9.17, 15) is 0 Å². The van der Waals surface area contributed by atoms with Gasteiger partial charge in [-0.2, -0.15) is 0 Å². The van der Waals surface area contributed by atoms with Crippen LogP contribution in [-0.2, 0) is 4.74 Å². The lowest BCUT2D eigenvalue weighted by Gasteiger charge is -2.26. The molecular formula is C16H24N4O2. The van der Waals surface area contributed by atoms with Gasteiger partial charge in [0.2, 0.25) is 0 Å². The van der Waals surface area contributed by atoms with Crippen LogP contribution in [-0.4, -0.2) is 57.6 Å². The second-order valence-electron chi connectivity index (χ2n) is 5.09. The third-order valence-corrected chi connectivity index (χ3v) is 3.49. The third kappa shape index (κ3) is 4.75. The molecule has 1 aliphatic rings. The summed E-state index contributed by atoms with van der Waals surface area (Å²) in [6, 6.07) is 5.49. The van der Waals surface area contributed by atoms with Crippen LogP contribution in [0.25, 0.3) is 5.70 Å². The van der Waals surface area contributed by atoms with E-state index in [2.05, 4.69) is 9.89 Å².